The van der Waals surface area contributed by atoms with E-state index in [1.807, 2.05) is 7.05 Å². The summed E-state index contributed by atoms with van der Waals surface area (Å²) in [5.41, 5.74) is 1.04. The van der Waals surface area contributed by atoms with Gasteiger partial charge in [-0.05, 0) is 49.9 Å². The zero-order valence-corrected chi connectivity index (χ0v) is 12.2. The van der Waals surface area contributed by atoms with Crippen molar-refractivity contribution in [2.45, 2.75) is 50.9 Å². The van der Waals surface area contributed by atoms with Crippen LogP contribution in [0.2, 0.25) is 0 Å². The van der Waals surface area contributed by atoms with E-state index in [0.29, 0.717) is 12.0 Å². The number of nitrogens with one attached hydrogen (secondary N) is 1. The maximum absolute atomic E-state index is 12.1. The number of halogens is 3. The molecule has 1 fully saturated rings. The average molecular weight is 301 g/mol. The van der Waals surface area contributed by atoms with E-state index < -0.39 is 6.36 Å². The predicted molar refractivity (Wildman–Crippen MR) is 76.3 cm³/mol. The minimum atomic E-state index is -4.63. The molecule has 0 saturated heterocycles. The highest BCUT2D eigenvalue weighted by molar-refractivity contribution is 5.28. The third kappa shape index (κ3) is 5.23. The lowest BCUT2D eigenvalue weighted by Crippen LogP contribution is -2.36. The molecule has 0 aliphatic heterocycles. The number of rotatable bonds is 5. The van der Waals surface area contributed by atoms with E-state index in [-0.39, 0.29) is 5.75 Å². The molecule has 1 aliphatic rings. The molecule has 0 aromatic heterocycles. The molecule has 0 radical (unpaired) electrons. The van der Waals surface area contributed by atoms with E-state index in [2.05, 4.69) is 10.1 Å². The van der Waals surface area contributed by atoms with Gasteiger partial charge in [0.15, 0.2) is 0 Å². The second-order valence-corrected chi connectivity index (χ2v) is 5.69. The fourth-order valence-corrected chi connectivity index (χ4v) is 3.12. The molecular formula is C16H22F3NO. The standard InChI is InChI=1S/C16H22F3NO/c1-20-15(13-5-3-2-4-6-13)11-12-7-9-14(10-8-12)21-16(17,18)19/h7-10,13,15,20H,2-6,11H2,1H3. The third-order valence-corrected chi connectivity index (χ3v) is 4.20. The minimum absolute atomic E-state index is 0.162. The normalized spacial score (nSPS) is 18.5. The van der Waals surface area contributed by atoms with Crippen LogP contribution in [0.1, 0.15) is 37.7 Å². The molecule has 0 spiro atoms. The highest BCUT2D eigenvalue weighted by atomic mass is 19.4. The highest BCUT2D eigenvalue weighted by Gasteiger charge is 2.31. The smallest absolute Gasteiger partial charge is 0.406 e. The Morgan fingerprint density at radius 1 is 1.14 bits per heavy atom. The Labute approximate surface area is 123 Å². The van der Waals surface area contributed by atoms with Gasteiger partial charge in [0.05, 0.1) is 0 Å². The molecule has 0 bridgehead atoms. The Bertz CT molecular complexity index is 424. The van der Waals surface area contributed by atoms with Crippen LogP contribution in [0.25, 0.3) is 0 Å². The molecule has 1 unspecified atom stereocenters. The molecule has 1 aliphatic carbocycles. The zero-order valence-electron chi connectivity index (χ0n) is 12.2. The first-order valence-corrected chi connectivity index (χ1v) is 7.50. The van der Waals surface area contributed by atoms with Crippen LogP contribution in [-0.4, -0.2) is 19.5 Å². The average Bonchev–Trinajstić information content (AvgIpc) is 2.46. The predicted octanol–water partition coefficient (Wildman–Crippen LogP) is 4.30. The molecule has 1 aromatic carbocycles. The summed E-state index contributed by atoms with van der Waals surface area (Å²) in [6.45, 7) is 0. The highest BCUT2D eigenvalue weighted by Crippen LogP contribution is 2.28. The van der Waals surface area contributed by atoms with Gasteiger partial charge >= 0.3 is 6.36 Å². The molecular weight excluding hydrogens is 279 g/mol. The van der Waals surface area contributed by atoms with Crippen molar-refractivity contribution in [3.8, 4) is 5.75 Å². The van der Waals surface area contributed by atoms with Gasteiger partial charge in [-0.15, -0.1) is 13.2 Å². The minimum Gasteiger partial charge on any atom is -0.406 e. The summed E-state index contributed by atoms with van der Waals surface area (Å²) in [6, 6.07) is 6.59. The first kappa shape index (κ1) is 16.1. The quantitative estimate of drug-likeness (QED) is 0.875. The molecule has 5 heteroatoms. The van der Waals surface area contributed by atoms with Crippen LogP contribution in [0.3, 0.4) is 0 Å². The molecule has 1 atom stereocenters. The topological polar surface area (TPSA) is 21.3 Å². The lowest BCUT2D eigenvalue weighted by molar-refractivity contribution is -0.274. The maximum Gasteiger partial charge on any atom is 0.573 e. The summed E-state index contributed by atoms with van der Waals surface area (Å²) in [5, 5.41) is 3.36. The first-order valence-electron chi connectivity index (χ1n) is 7.50. The van der Waals surface area contributed by atoms with Crippen molar-refractivity contribution in [2.75, 3.05) is 7.05 Å². The van der Waals surface area contributed by atoms with Crippen molar-refractivity contribution in [3.05, 3.63) is 29.8 Å². The fraction of sp³-hybridized carbons (Fsp3) is 0.625. The number of ether oxygens (including phenoxy) is 1. The van der Waals surface area contributed by atoms with Gasteiger partial charge < -0.3 is 10.1 Å². The lowest BCUT2D eigenvalue weighted by atomic mass is 9.81. The Morgan fingerprint density at radius 2 is 1.76 bits per heavy atom. The summed E-state index contributed by atoms with van der Waals surface area (Å²) in [5.74, 6) is 0.500. The van der Waals surface area contributed by atoms with E-state index in [1.165, 1.54) is 44.2 Å². The number of hydrogen-bond donors (Lipinski definition) is 1. The van der Waals surface area contributed by atoms with Crippen LogP contribution >= 0.6 is 0 Å². The third-order valence-electron chi connectivity index (χ3n) is 4.20. The molecule has 1 N–H and O–H groups in total. The fourth-order valence-electron chi connectivity index (χ4n) is 3.12. The summed E-state index contributed by atoms with van der Waals surface area (Å²) in [7, 11) is 1.96. The van der Waals surface area contributed by atoms with E-state index in [0.717, 1.165) is 12.0 Å². The van der Waals surface area contributed by atoms with Gasteiger partial charge in [-0.3, -0.25) is 0 Å². The molecule has 1 aromatic rings. The van der Waals surface area contributed by atoms with Crippen molar-refractivity contribution in [1.29, 1.82) is 0 Å². The Hall–Kier alpha value is -1.23. The van der Waals surface area contributed by atoms with Crippen molar-refractivity contribution >= 4 is 0 Å². The molecule has 0 heterocycles. The lowest BCUT2D eigenvalue weighted by Gasteiger charge is -2.30. The van der Waals surface area contributed by atoms with Gasteiger partial charge in [0.2, 0.25) is 0 Å². The van der Waals surface area contributed by atoms with Gasteiger partial charge in [0.1, 0.15) is 5.75 Å². The van der Waals surface area contributed by atoms with Crippen LogP contribution in [0.4, 0.5) is 13.2 Å². The van der Waals surface area contributed by atoms with Gasteiger partial charge in [-0.1, -0.05) is 31.4 Å². The van der Waals surface area contributed by atoms with Crippen molar-refractivity contribution in [3.63, 3.8) is 0 Å². The van der Waals surface area contributed by atoms with Crippen LogP contribution in [0, 0.1) is 5.92 Å². The van der Waals surface area contributed by atoms with Crippen molar-refractivity contribution in [1.82, 2.24) is 5.32 Å². The SMILES string of the molecule is CNC(Cc1ccc(OC(F)(F)F)cc1)C1CCCCC1. The second-order valence-electron chi connectivity index (χ2n) is 5.69. The maximum atomic E-state index is 12.1. The van der Waals surface area contributed by atoms with E-state index >= 15 is 0 Å². The van der Waals surface area contributed by atoms with Gasteiger partial charge in [-0.2, -0.15) is 0 Å². The zero-order chi connectivity index (χ0) is 15.3. The molecule has 21 heavy (non-hydrogen) atoms. The summed E-state index contributed by atoms with van der Waals surface area (Å²) in [6.07, 6.45) is 2.56. The van der Waals surface area contributed by atoms with Gasteiger partial charge in [-0.25, -0.2) is 0 Å². The number of benzene rings is 1. The second kappa shape index (κ2) is 7.16. The Kier molecular flexibility index (Phi) is 5.51. The van der Waals surface area contributed by atoms with Crippen LogP contribution < -0.4 is 10.1 Å². The van der Waals surface area contributed by atoms with E-state index in [9.17, 15) is 13.2 Å². The van der Waals surface area contributed by atoms with E-state index in [1.54, 1.807) is 12.1 Å². The molecule has 2 nitrogen and oxygen atoms in total. The summed E-state index contributed by atoms with van der Waals surface area (Å²) < 4.78 is 40.2. The largest absolute Gasteiger partial charge is 0.573 e. The van der Waals surface area contributed by atoms with Gasteiger partial charge in [0, 0.05) is 6.04 Å². The molecule has 1 saturated carbocycles. The monoisotopic (exact) mass is 301 g/mol. The van der Waals surface area contributed by atoms with Crippen LogP contribution in [-0.2, 0) is 6.42 Å². The van der Waals surface area contributed by atoms with Crippen molar-refractivity contribution < 1.29 is 17.9 Å². The Morgan fingerprint density at radius 3 is 2.29 bits per heavy atom. The summed E-state index contributed by atoms with van der Waals surface area (Å²) >= 11 is 0. The van der Waals surface area contributed by atoms with Crippen LogP contribution in [0.5, 0.6) is 5.75 Å². The molecule has 0 amide bonds. The molecule has 2 rings (SSSR count). The number of alkyl halides is 3. The Balaban J connectivity index is 1.94. The van der Waals surface area contributed by atoms with Crippen LogP contribution in [0.15, 0.2) is 24.3 Å². The molecule has 118 valence electrons. The number of likely N-dealkylation sites (N-methyl/N-ethyl adjacent to an activating group) is 1. The summed E-state index contributed by atoms with van der Waals surface area (Å²) in [4.78, 5) is 0. The first-order chi connectivity index (χ1) is 9.98. The van der Waals surface area contributed by atoms with E-state index in [4.69, 9.17) is 0 Å². The number of hydrogen-bond acceptors (Lipinski definition) is 2. The van der Waals surface area contributed by atoms with Gasteiger partial charge in [0.25, 0.3) is 0 Å². The van der Waals surface area contributed by atoms with Crippen molar-refractivity contribution in [2.24, 2.45) is 5.92 Å².